The van der Waals surface area contributed by atoms with E-state index in [-0.39, 0.29) is 4.90 Å². The van der Waals surface area contributed by atoms with E-state index in [0.29, 0.717) is 11.8 Å². The number of aldehydes is 1. The Morgan fingerprint density at radius 3 is 2.16 bits per heavy atom. The molecule has 0 saturated heterocycles. The molecular formula is C12H15NO5S. The number of benzene rings is 1. The number of nitrogens with one attached hydrogen (secondary N) is 1. The summed E-state index contributed by atoms with van der Waals surface area (Å²) in [5.74, 6) is 0. The molecule has 1 N–H and O–H groups in total. The Hall–Kier alpha value is -1.89. The van der Waals surface area contributed by atoms with Gasteiger partial charge in [0.15, 0.2) is 0 Å². The molecule has 1 aromatic carbocycles. The Labute approximate surface area is 111 Å². The molecule has 7 heteroatoms. The third-order valence-electron chi connectivity index (χ3n) is 1.94. The van der Waals surface area contributed by atoms with Crippen LogP contribution in [0.4, 0.5) is 4.79 Å². The topological polar surface area (TPSA) is 89.5 Å². The van der Waals surface area contributed by atoms with Gasteiger partial charge in [0.25, 0.3) is 10.0 Å². The van der Waals surface area contributed by atoms with Crippen LogP contribution in [-0.4, -0.2) is 26.4 Å². The maximum atomic E-state index is 11.8. The second-order valence-corrected chi connectivity index (χ2v) is 6.48. The first-order valence-electron chi connectivity index (χ1n) is 5.45. The van der Waals surface area contributed by atoms with Crippen molar-refractivity contribution in [3.05, 3.63) is 29.8 Å². The SMILES string of the molecule is CC(C)(C)OC(=O)NS(=O)(=O)c1ccc(C=O)cc1. The molecule has 0 saturated carbocycles. The van der Waals surface area contributed by atoms with E-state index in [1.165, 1.54) is 24.3 Å². The maximum Gasteiger partial charge on any atom is 0.421 e. The summed E-state index contributed by atoms with van der Waals surface area (Å²) in [6.45, 7) is 4.87. The molecule has 0 spiro atoms. The van der Waals surface area contributed by atoms with Gasteiger partial charge in [-0.15, -0.1) is 0 Å². The number of ether oxygens (including phenoxy) is 1. The van der Waals surface area contributed by atoms with Crippen LogP contribution in [0.3, 0.4) is 0 Å². The molecule has 1 rings (SSSR count). The van der Waals surface area contributed by atoms with Crippen LogP contribution >= 0.6 is 0 Å². The summed E-state index contributed by atoms with van der Waals surface area (Å²) in [6, 6.07) is 5.15. The molecule has 104 valence electrons. The zero-order valence-corrected chi connectivity index (χ0v) is 11.7. The van der Waals surface area contributed by atoms with Crippen molar-refractivity contribution >= 4 is 22.4 Å². The smallest absolute Gasteiger partial charge is 0.421 e. The lowest BCUT2D eigenvalue weighted by Gasteiger charge is -2.19. The van der Waals surface area contributed by atoms with Crippen LogP contribution in [0, 0.1) is 0 Å². The highest BCUT2D eigenvalue weighted by Crippen LogP contribution is 2.11. The van der Waals surface area contributed by atoms with Crippen molar-refractivity contribution < 1.29 is 22.7 Å². The van der Waals surface area contributed by atoms with Gasteiger partial charge in [-0.1, -0.05) is 12.1 Å². The van der Waals surface area contributed by atoms with E-state index >= 15 is 0 Å². The minimum absolute atomic E-state index is 0.121. The van der Waals surface area contributed by atoms with Gasteiger partial charge in [0.05, 0.1) is 4.90 Å². The first kappa shape index (κ1) is 15.2. The molecule has 0 heterocycles. The number of hydrogen-bond acceptors (Lipinski definition) is 5. The minimum Gasteiger partial charge on any atom is -0.443 e. The van der Waals surface area contributed by atoms with E-state index < -0.39 is 21.7 Å². The average Bonchev–Trinajstić information content (AvgIpc) is 2.25. The van der Waals surface area contributed by atoms with Gasteiger partial charge in [-0.25, -0.2) is 17.9 Å². The van der Waals surface area contributed by atoms with Crippen LogP contribution in [0.15, 0.2) is 29.2 Å². The molecule has 19 heavy (non-hydrogen) atoms. The summed E-state index contributed by atoms with van der Waals surface area (Å²) in [5.41, 5.74) is -0.447. The molecule has 1 aromatic rings. The summed E-state index contributed by atoms with van der Waals surface area (Å²) in [5, 5.41) is 0. The predicted octanol–water partition coefficient (Wildman–Crippen LogP) is 1.71. The highest BCUT2D eigenvalue weighted by atomic mass is 32.2. The highest BCUT2D eigenvalue weighted by Gasteiger charge is 2.22. The van der Waals surface area contributed by atoms with Crippen molar-refractivity contribution in [2.45, 2.75) is 31.3 Å². The van der Waals surface area contributed by atoms with E-state index in [9.17, 15) is 18.0 Å². The van der Waals surface area contributed by atoms with Crippen molar-refractivity contribution in [2.24, 2.45) is 0 Å². The number of sulfonamides is 1. The molecule has 0 unspecified atom stereocenters. The van der Waals surface area contributed by atoms with E-state index in [0.717, 1.165) is 0 Å². The maximum absolute atomic E-state index is 11.8. The van der Waals surface area contributed by atoms with Crippen molar-refractivity contribution in [1.82, 2.24) is 4.72 Å². The number of carbonyl (C=O) groups excluding carboxylic acids is 2. The Morgan fingerprint density at radius 2 is 1.74 bits per heavy atom. The molecule has 0 aliphatic carbocycles. The number of carbonyl (C=O) groups is 2. The standard InChI is InChI=1S/C12H15NO5S/c1-12(2,3)18-11(15)13-19(16,17)10-6-4-9(8-14)5-7-10/h4-8H,1-3H3,(H,13,15). The fraction of sp³-hybridized carbons (Fsp3) is 0.333. The van der Waals surface area contributed by atoms with Crippen LogP contribution < -0.4 is 4.72 Å². The van der Waals surface area contributed by atoms with Gasteiger partial charge < -0.3 is 4.74 Å². The van der Waals surface area contributed by atoms with Gasteiger partial charge in [0.2, 0.25) is 0 Å². The average molecular weight is 285 g/mol. The van der Waals surface area contributed by atoms with Crippen LogP contribution in [0.1, 0.15) is 31.1 Å². The second-order valence-electron chi connectivity index (χ2n) is 4.79. The second kappa shape index (κ2) is 5.40. The summed E-state index contributed by atoms with van der Waals surface area (Å²) < 4.78 is 30.3. The molecule has 0 aromatic heterocycles. The Morgan fingerprint density at radius 1 is 1.21 bits per heavy atom. The lowest BCUT2D eigenvalue weighted by atomic mass is 10.2. The molecular weight excluding hydrogens is 270 g/mol. The Kier molecular flexibility index (Phi) is 4.31. The van der Waals surface area contributed by atoms with Crippen molar-refractivity contribution in [3.63, 3.8) is 0 Å². The molecule has 0 fully saturated rings. The summed E-state index contributed by atoms with van der Waals surface area (Å²) >= 11 is 0. The molecule has 0 aliphatic rings. The number of amides is 1. The van der Waals surface area contributed by atoms with Crippen LogP contribution in [-0.2, 0) is 14.8 Å². The zero-order chi connectivity index (χ0) is 14.7. The third-order valence-corrected chi connectivity index (χ3v) is 3.27. The zero-order valence-electron chi connectivity index (χ0n) is 10.8. The molecule has 6 nitrogen and oxygen atoms in total. The fourth-order valence-corrected chi connectivity index (χ4v) is 2.07. The van der Waals surface area contributed by atoms with Gasteiger partial charge in [-0.2, -0.15) is 0 Å². The van der Waals surface area contributed by atoms with E-state index in [2.05, 4.69) is 0 Å². The van der Waals surface area contributed by atoms with Crippen molar-refractivity contribution in [3.8, 4) is 0 Å². The van der Waals surface area contributed by atoms with E-state index in [1.54, 1.807) is 25.5 Å². The van der Waals surface area contributed by atoms with Gasteiger partial charge in [0, 0.05) is 5.56 Å². The summed E-state index contributed by atoms with van der Waals surface area (Å²) in [4.78, 5) is 21.7. The summed E-state index contributed by atoms with van der Waals surface area (Å²) in [6.07, 6.45) is -0.454. The van der Waals surface area contributed by atoms with E-state index in [4.69, 9.17) is 4.74 Å². The monoisotopic (exact) mass is 285 g/mol. The largest absolute Gasteiger partial charge is 0.443 e. The normalized spacial score (nSPS) is 11.7. The lowest BCUT2D eigenvalue weighted by molar-refractivity contribution is 0.0570. The molecule has 0 aliphatic heterocycles. The van der Waals surface area contributed by atoms with Gasteiger partial charge >= 0.3 is 6.09 Å². The molecule has 0 bridgehead atoms. The highest BCUT2D eigenvalue weighted by molar-refractivity contribution is 7.90. The minimum atomic E-state index is -4.00. The number of rotatable bonds is 3. The molecule has 0 radical (unpaired) electrons. The number of hydrogen-bond donors (Lipinski definition) is 1. The van der Waals surface area contributed by atoms with Gasteiger partial charge in [-0.3, -0.25) is 4.79 Å². The van der Waals surface area contributed by atoms with Crippen LogP contribution in [0.2, 0.25) is 0 Å². The summed E-state index contributed by atoms with van der Waals surface area (Å²) in [7, 11) is -4.00. The quantitative estimate of drug-likeness (QED) is 0.854. The van der Waals surface area contributed by atoms with Crippen LogP contribution in [0.25, 0.3) is 0 Å². The van der Waals surface area contributed by atoms with Gasteiger partial charge in [0.1, 0.15) is 11.9 Å². The fourth-order valence-electron chi connectivity index (χ4n) is 1.19. The van der Waals surface area contributed by atoms with E-state index in [1.807, 2.05) is 0 Å². The molecule has 1 amide bonds. The van der Waals surface area contributed by atoms with Crippen LogP contribution in [0.5, 0.6) is 0 Å². The van der Waals surface area contributed by atoms with Gasteiger partial charge in [-0.05, 0) is 32.9 Å². The van der Waals surface area contributed by atoms with Crippen molar-refractivity contribution in [2.75, 3.05) is 0 Å². The Balaban J connectivity index is 2.86. The first-order chi connectivity index (χ1) is 8.64. The third kappa shape index (κ3) is 4.70. The lowest BCUT2D eigenvalue weighted by Crippen LogP contribution is -2.36. The molecule has 0 atom stereocenters. The Bertz CT molecular complexity index is 569. The van der Waals surface area contributed by atoms with Crippen molar-refractivity contribution in [1.29, 1.82) is 0 Å². The predicted molar refractivity (Wildman–Crippen MR) is 68.4 cm³/mol. The first-order valence-corrected chi connectivity index (χ1v) is 6.93.